The minimum atomic E-state index is 0.445. The van der Waals surface area contributed by atoms with E-state index in [4.69, 9.17) is 0 Å². The smallest absolute Gasteiger partial charge is 0.00578 e. The SMILES string of the molecule is Cc1cccc2c1C(C)(C)C2. The second-order valence-corrected chi connectivity index (χ2v) is 4.17. The van der Waals surface area contributed by atoms with Crippen molar-refractivity contribution in [3.05, 3.63) is 34.9 Å². The molecule has 11 heavy (non-hydrogen) atoms. The van der Waals surface area contributed by atoms with Crippen LogP contribution in [-0.4, -0.2) is 0 Å². The van der Waals surface area contributed by atoms with Gasteiger partial charge in [-0.2, -0.15) is 0 Å². The summed E-state index contributed by atoms with van der Waals surface area (Å²) in [4.78, 5) is 0. The molecule has 0 saturated heterocycles. The Morgan fingerprint density at radius 2 is 2.00 bits per heavy atom. The first-order valence-electron chi connectivity index (χ1n) is 4.20. The van der Waals surface area contributed by atoms with Gasteiger partial charge in [-0.05, 0) is 35.4 Å². The van der Waals surface area contributed by atoms with Crippen molar-refractivity contribution in [2.75, 3.05) is 0 Å². The minimum Gasteiger partial charge on any atom is -0.0617 e. The summed E-state index contributed by atoms with van der Waals surface area (Å²) in [5, 5.41) is 0. The molecule has 1 aliphatic carbocycles. The maximum atomic E-state index is 2.32. The zero-order valence-corrected chi connectivity index (χ0v) is 7.44. The molecule has 0 nitrogen and oxygen atoms in total. The molecule has 0 radical (unpaired) electrons. The van der Waals surface area contributed by atoms with E-state index in [0.29, 0.717) is 5.41 Å². The molecule has 0 N–H and O–H groups in total. The largest absolute Gasteiger partial charge is 0.0617 e. The molecule has 0 atom stereocenters. The summed E-state index contributed by atoms with van der Waals surface area (Å²) in [6.45, 7) is 6.85. The van der Waals surface area contributed by atoms with Crippen molar-refractivity contribution < 1.29 is 0 Å². The molecule has 0 bridgehead atoms. The molecule has 1 aromatic carbocycles. The first-order chi connectivity index (χ1) is 5.11. The van der Waals surface area contributed by atoms with E-state index in [1.807, 2.05) is 0 Å². The molecular weight excluding hydrogens is 132 g/mol. The number of rotatable bonds is 0. The predicted molar refractivity (Wildman–Crippen MR) is 47.9 cm³/mol. The third kappa shape index (κ3) is 0.819. The highest BCUT2D eigenvalue weighted by Gasteiger charge is 2.34. The molecular formula is C11H14. The third-order valence-electron chi connectivity index (χ3n) is 2.67. The Bertz CT molecular complexity index is 281. The van der Waals surface area contributed by atoms with Crippen LogP contribution in [-0.2, 0) is 11.8 Å². The van der Waals surface area contributed by atoms with Crippen molar-refractivity contribution >= 4 is 0 Å². The monoisotopic (exact) mass is 146 g/mol. The number of aryl methyl sites for hydroxylation is 1. The van der Waals surface area contributed by atoms with Gasteiger partial charge in [0.15, 0.2) is 0 Å². The van der Waals surface area contributed by atoms with E-state index in [9.17, 15) is 0 Å². The van der Waals surface area contributed by atoms with E-state index >= 15 is 0 Å². The summed E-state index contributed by atoms with van der Waals surface area (Å²) in [6, 6.07) is 6.61. The van der Waals surface area contributed by atoms with Crippen LogP contribution in [0.5, 0.6) is 0 Å². The van der Waals surface area contributed by atoms with E-state index in [0.717, 1.165) is 0 Å². The average molecular weight is 146 g/mol. The van der Waals surface area contributed by atoms with Crippen LogP contribution in [0.3, 0.4) is 0 Å². The second-order valence-electron chi connectivity index (χ2n) is 4.17. The van der Waals surface area contributed by atoms with Gasteiger partial charge < -0.3 is 0 Å². The van der Waals surface area contributed by atoms with Gasteiger partial charge >= 0.3 is 0 Å². The van der Waals surface area contributed by atoms with Gasteiger partial charge in [0, 0.05) is 0 Å². The molecule has 1 aliphatic rings. The van der Waals surface area contributed by atoms with Gasteiger partial charge in [0.05, 0.1) is 0 Å². The van der Waals surface area contributed by atoms with Crippen LogP contribution in [0.2, 0.25) is 0 Å². The van der Waals surface area contributed by atoms with Crippen LogP contribution in [0.4, 0.5) is 0 Å². The van der Waals surface area contributed by atoms with Crippen molar-refractivity contribution in [3.63, 3.8) is 0 Å². The zero-order chi connectivity index (χ0) is 8.06. The molecule has 0 spiro atoms. The van der Waals surface area contributed by atoms with Gasteiger partial charge in [0.25, 0.3) is 0 Å². The van der Waals surface area contributed by atoms with Crippen LogP contribution < -0.4 is 0 Å². The molecule has 0 heteroatoms. The summed E-state index contributed by atoms with van der Waals surface area (Å²) in [5.41, 5.74) is 5.04. The minimum absolute atomic E-state index is 0.445. The quantitative estimate of drug-likeness (QED) is 0.528. The lowest BCUT2D eigenvalue weighted by Crippen LogP contribution is -2.33. The first-order valence-corrected chi connectivity index (χ1v) is 4.20. The summed E-state index contributed by atoms with van der Waals surface area (Å²) >= 11 is 0. The van der Waals surface area contributed by atoms with E-state index in [2.05, 4.69) is 39.0 Å². The standard InChI is InChI=1S/C11H14/c1-8-5-4-6-9-7-11(2,3)10(8)9/h4-6H,7H2,1-3H3. The second kappa shape index (κ2) is 1.88. The number of hydrogen-bond acceptors (Lipinski definition) is 0. The highest BCUT2D eigenvalue weighted by molar-refractivity contribution is 5.48. The topological polar surface area (TPSA) is 0 Å². The molecule has 0 heterocycles. The Balaban J connectivity index is 2.60. The number of fused-ring (bicyclic) bond motifs is 1. The van der Waals surface area contributed by atoms with E-state index in [-0.39, 0.29) is 0 Å². The van der Waals surface area contributed by atoms with Crippen LogP contribution in [0.25, 0.3) is 0 Å². The van der Waals surface area contributed by atoms with Crippen LogP contribution in [0.1, 0.15) is 30.5 Å². The van der Waals surface area contributed by atoms with Gasteiger partial charge in [-0.15, -0.1) is 0 Å². The Labute approximate surface area is 68.3 Å². The Morgan fingerprint density at radius 3 is 2.45 bits per heavy atom. The molecule has 2 rings (SSSR count). The molecule has 1 aromatic rings. The maximum absolute atomic E-state index is 2.32. The van der Waals surface area contributed by atoms with Gasteiger partial charge in [0.2, 0.25) is 0 Å². The highest BCUT2D eigenvalue weighted by atomic mass is 14.4. The number of hydrogen-bond donors (Lipinski definition) is 0. The van der Waals surface area contributed by atoms with Crippen molar-refractivity contribution in [2.24, 2.45) is 0 Å². The Kier molecular flexibility index (Phi) is 1.18. The highest BCUT2D eigenvalue weighted by Crippen LogP contribution is 2.42. The number of benzene rings is 1. The maximum Gasteiger partial charge on any atom is -0.00578 e. The summed E-state index contributed by atoms with van der Waals surface area (Å²) in [7, 11) is 0. The molecule has 0 aromatic heterocycles. The molecule has 0 unspecified atom stereocenters. The lowest BCUT2D eigenvalue weighted by molar-refractivity contribution is 0.452. The van der Waals surface area contributed by atoms with Gasteiger partial charge in [-0.25, -0.2) is 0 Å². The third-order valence-corrected chi connectivity index (χ3v) is 2.67. The van der Waals surface area contributed by atoms with E-state index < -0.39 is 0 Å². The first kappa shape index (κ1) is 6.90. The lowest BCUT2D eigenvalue weighted by Gasteiger charge is -2.39. The molecule has 58 valence electrons. The lowest BCUT2D eigenvalue weighted by atomic mass is 9.65. The summed E-state index contributed by atoms with van der Waals surface area (Å²) in [5.74, 6) is 0. The molecule has 0 amide bonds. The van der Waals surface area contributed by atoms with Crippen LogP contribution in [0.15, 0.2) is 18.2 Å². The molecule has 0 aliphatic heterocycles. The molecule has 0 saturated carbocycles. The van der Waals surface area contributed by atoms with E-state index in [1.165, 1.54) is 12.0 Å². The van der Waals surface area contributed by atoms with E-state index in [1.54, 1.807) is 11.1 Å². The van der Waals surface area contributed by atoms with Crippen LogP contribution in [0, 0.1) is 6.92 Å². The normalized spacial score (nSPS) is 18.8. The van der Waals surface area contributed by atoms with Crippen molar-refractivity contribution in [3.8, 4) is 0 Å². The zero-order valence-electron chi connectivity index (χ0n) is 7.44. The van der Waals surface area contributed by atoms with Gasteiger partial charge in [0.1, 0.15) is 0 Å². The predicted octanol–water partition coefficient (Wildman–Crippen LogP) is 2.83. The van der Waals surface area contributed by atoms with Gasteiger partial charge in [-0.1, -0.05) is 32.0 Å². The average Bonchev–Trinajstić information content (AvgIpc) is 1.84. The van der Waals surface area contributed by atoms with Gasteiger partial charge in [-0.3, -0.25) is 0 Å². The Morgan fingerprint density at radius 1 is 1.27 bits per heavy atom. The summed E-state index contributed by atoms with van der Waals surface area (Å²) < 4.78 is 0. The van der Waals surface area contributed by atoms with Crippen LogP contribution >= 0.6 is 0 Å². The molecule has 0 fully saturated rings. The fourth-order valence-corrected chi connectivity index (χ4v) is 2.30. The fraction of sp³-hybridized carbons (Fsp3) is 0.455. The summed E-state index contributed by atoms with van der Waals surface area (Å²) in [6.07, 6.45) is 1.25. The fourth-order valence-electron chi connectivity index (χ4n) is 2.30. The van der Waals surface area contributed by atoms with Crippen molar-refractivity contribution in [2.45, 2.75) is 32.6 Å². The van der Waals surface area contributed by atoms with Crippen molar-refractivity contribution in [1.29, 1.82) is 0 Å². The van der Waals surface area contributed by atoms with Crippen molar-refractivity contribution in [1.82, 2.24) is 0 Å². The Hall–Kier alpha value is -0.780.